The van der Waals surface area contributed by atoms with Crippen LogP contribution in [0.3, 0.4) is 0 Å². The second-order valence-corrected chi connectivity index (χ2v) is 14.7. The van der Waals surface area contributed by atoms with E-state index in [1.54, 1.807) is 38.2 Å². The molecule has 15 heteroatoms. The van der Waals surface area contributed by atoms with E-state index in [9.17, 15) is 14.4 Å². The molecule has 4 aromatic heterocycles. The van der Waals surface area contributed by atoms with Gasteiger partial charge >= 0.3 is 0 Å². The second kappa shape index (κ2) is 16.4. The number of carbonyl (C=O) groups is 3. The number of ether oxygens (including phenoxy) is 1. The standard InChI is InChI=1S/C44H49N11O4/c1-9-54-36(21-29(5)48-54)41(57)46-43-51(8)35-23-32(40(45)56)19-20-33(35)52(43)24-27(3)28(4)25-53-39-34(17-14-18-38(39)59-26-31-15-12-11-13-16-31)50(7)44(53)47-42(58)37-22-30(6)49-55(37)10-2/h11-23H,9-10,24-26H2,1-8H3,(H2,45,56)/b28-27+,46-43?,47-44?. The maximum atomic E-state index is 13.9. The van der Waals surface area contributed by atoms with Crippen LogP contribution in [0.2, 0.25) is 0 Å². The van der Waals surface area contributed by atoms with Gasteiger partial charge in [-0.25, -0.2) is 0 Å². The Bertz CT molecular complexity index is 2950. The number of primary amides is 1. The van der Waals surface area contributed by atoms with Crippen LogP contribution in [-0.4, -0.2) is 55.6 Å². The summed E-state index contributed by atoms with van der Waals surface area (Å²) in [5.41, 5.74) is 15.1. The van der Waals surface area contributed by atoms with Crippen molar-refractivity contribution >= 4 is 39.8 Å². The third-order valence-electron chi connectivity index (χ3n) is 10.6. The topological polar surface area (TPSA) is 167 Å². The lowest BCUT2D eigenvalue weighted by molar-refractivity contribution is 0.0977. The highest BCUT2D eigenvalue weighted by Crippen LogP contribution is 2.27. The summed E-state index contributed by atoms with van der Waals surface area (Å²) in [6, 6.07) is 24.5. The number of amides is 3. The second-order valence-electron chi connectivity index (χ2n) is 14.7. The van der Waals surface area contributed by atoms with Crippen LogP contribution >= 0.6 is 0 Å². The maximum Gasteiger partial charge on any atom is 0.298 e. The van der Waals surface area contributed by atoms with Crippen molar-refractivity contribution in [1.29, 1.82) is 0 Å². The van der Waals surface area contributed by atoms with Crippen molar-refractivity contribution in [2.45, 2.75) is 74.3 Å². The molecule has 7 rings (SSSR count). The van der Waals surface area contributed by atoms with E-state index >= 15 is 0 Å². The molecule has 0 unspecified atom stereocenters. The SMILES string of the molecule is CCn1nc(C)cc1C(=O)N=c1n(C)c2cc(C(N)=O)ccc2n1C/C(C)=C(\C)Cn1c(=NC(=O)c2cc(C)nn2CC)n(C)c2cccc(OCc3ccccc3)c21. The third-order valence-corrected chi connectivity index (χ3v) is 10.6. The average molecular weight is 796 g/mol. The van der Waals surface area contributed by atoms with E-state index in [1.807, 2.05) is 124 Å². The van der Waals surface area contributed by atoms with Crippen molar-refractivity contribution in [2.24, 2.45) is 29.8 Å². The lowest BCUT2D eigenvalue weighted by Gasteiger charge is -2.14. The van der Waals surface area contributed by atoms with Crippen LogP contribution < -0.4 is 21.7 Å². The molecule has 0 saturated carbocycles. The normalized spacial score (nSPS) is 12.8. The highest BCUT2D eigenvalue weighted by molar-refractivity contribution is 5.97. The van der Waals surface area contributed by atoms with Crippen LogP contribution in [0.4, 0.5) is 0 Å². The monoisotopic (exact) mass is 795 g/mol. The Hall–Kier alpha value is -7.03. The van der Waals surface area contributed by atoms with Gasteiger partial charge < -0.3 is 28.7 Å². The molecule has 4 heterocycles. The molecule has 0 saturated heterocycles. The first kappa shape index (κ1) is 40.2. The minimum atomic E-state index is -0.559. The van der Waals surface area contributed by atoms with Gasteiger partial charge in [-0.05, 0) is 89.6 Å². The van der Waals surface area contributed by atoms with Crippen LogP contribution in [0.25, 0.3) is 22.1 Å². The third kappa shape index (κ3) is 7.83. The van der Waals surface area contributed by atoms with Crippen molar-refractivity contribution in [1.82, 2.24) is 37.8 Å². The van der Waals surface area contributed by atoms with Gasteiger partial charge in [-0.3, -0.25) is 23.7 Å². The Morgan fingerprint density at radius 2 is 1.24 bits per heavy atom. The summed E-state index contributed by atoms with van der Waals surface area (Å²) >= 11 is 0. The average Bonchev–Trinajstić information content (AvgIpc) is 3.95. The molecule has 3 aromatic carbocycles. The molecule has 0 fully saturated rings. The molecule has 59 heavy (non-hydrogen) atoms. The highest BCUT2D eigenvalue weighted by Gasteiger charge is 2.21. The molecular formula is C44H49N11O4. The smallest absolute Gasteiger partial charge is 0.298 e. The number of nitrogens with two attached hydrogens (primary N) is 1. The lowest BCUT2D eigenvalue weighted by Crippen LogP contribution is -2.28. The number of fused-ring (bicyclic) bond motifs is 2. The zero-order chi connectivity index (χ0) is 42.1. The summed E-state index contributed by atoms with van der Waals surface area (Å²) in [6.07, 6.45) is 0. The molecule has 3 amide bonds. The molecule has 0 atom stereocenters. The van der Waals surface area contributed by atoms with Crippen molar-refractivity contribution in [3.05, 3.63) is 135 Å². The van der Waals surface area contributed by atoms with Gasteiger partial charge in [0.15, 0.2) is 0 Å². The Kier molecular flexibility index (Phi) is 11.2. The Balaban J connectivity index is 1.37. The number of para-hydroxylation sites is 1. The van der Waals surface area contributed by atoms with Gasteiger partial charge in [0.25, 0.3) is 11.8 Å². The van der Waals surface area contributed by atoms with E-state index in [4.69, 9.17) is 15.5 Å². The molecule has 2 N–H and O–H groups in total. The largest absolute Gasteiger partial charge is 0.487 e. The Morgan fingerprint density at radius 1 is 0.678 bits per heavy atom. The van der Waals surface area contributed by atoms with Gasteiger partial charge in [-0.15, -0.1) is 0 Å². The first-order chi connectivity index (χ1) is 28.3. The molecule has 0 aliphatic heterocycles. The van der Waals surface area contributed by atoms with E-state index in [-0.39, 0.29) is 0 Å². The number of aryl methyl sites for hydroxylation is 6. The Morgan fingerprint density at radius 3 is 1.81 bits per heavy atom. The molecule has 0 spiro atoms. The molecule has 0 bridgehead atoms. The van der Waals surface area contributed by atoms with Gasteiger partial charge in [0.05, 0.1) is 27.9 Å². The zero-order valence-corrected chi connectivity index (χ0v) is 34.7. The number of carbonyl (C=O) groups excluding carboxylic acids is 3. The van der Waals surface area contributed by atoms with Crippen molar-refractivity contribution in [3.63, 3.8) is 0 Å². The van der Waals surface area contributed by atoms with E-state index in [0.29, 0.717) is 77.9 Å². The van der Waals surface area contributed by atoms with Gasteiger partial charge in [0.1, 0.15) is 29.3 Å². The van der Waals surface area contributed by atoms with Crippen molar-refractivity contribution in [2.75, 3.05) is 0 Å². The number of allylic oxidation sites excluding steroid dienone is 2. The van der Waals surface area contributed by atoms with E-state index in [1.165, 1.54) is 0 Å². The molecule has 7 aromatic rings. The minimum Gasteiger partial charge on any atom is -0.487 e. The first-order valence-corrected chi connectivity index (χ1v) is 19.6. The number of benzene rings is 3. The van der Waals surface area contributed by atoms with Gasteiger partial charge in [0, 0.05) is 45.8 Å². The summed E-state index contributed by atoms with van der Waals surface area (Å²) in [5, 5.41) is 8.93. The van der Waals surface area contributed by atoms with E-state index < -0.39 is 17.7 Å². The predicted molar refractivity (Wildman–Crippen MR) is 225 cm³/mol. The predicted octanol–water partition coefficient (Wildman–Crippen LogP) is 5.52. The number of aromatic nitrogens is 8. The number of hydrogen-bond donors (Lipinski definition) is 1. The van der Waals surface area contributed by atoms with Gasteiger partial charge in [-0.1, -0.05) is 47.5 Å². The van der Waals surface area contributed by atoms with Crippen LogP contribution in [-0.2, 0) is 46.9 Å². The fourth-order valence-corrected chi connectivity index (χ4v) is 7.40. The van der Waals surface area contributed by atoms with Crippen molar-refractivity contribution < 1.29 is 19.1 Å². The maximum absolute atomic E-state index is 13.9. The van der Waals surface area contributed by atoms with Crippen LogP contribution in [0.1, 0.15) is 76.0 Å². The van der Waals surface area contributed by atoms with E-state index in [2.05, 4.69) is 15.2 Å². The molecule has 0 aliphatic rings. The molecule has 0 aliphatic carbocycles. The summed E-state index contributed by atoms with van der Waals surface area (Å²) in [7, 11) is 3.70. The fraction of sp³-hybridized carbons (Fsp3) is 0.295. The summed E-state index contributed by atoms with van der Waals surface area (Å²) in [5.74, 6) is -0.762. The zero-order valence-electron chi connectivity index (χ0n) is 34.7. The van der Waals surface area contributed by atoms with Crippen molar-refractivity contribution in [3.8, 4) is 5.75 Å². The quantitative estimate of drug-likeness (QED) is 0.160. The first-order valence-electron chi connectivity index (χ1n) is 19.6. The number of hydrogen-bond acceptors (Lipinski definition) is 6. The molecule has 0 radical (unpaired) electrons. The van der Waals surface area contributed by atoms with Gasteiger partial charge in [-0.2, -0.15) is 20.2 Å². The lowest BCUT2D eigenvalue weighted by atomic mass is 10.1. The minimum absolute atomic E-state index is 0.340. The van der Waals surface area contributed by atoms with Crippen LogP contribution in [0.5, 0.6) is 5.75 Å². The number of imidazole rings is 2. The molecule has 304 valence electrons. The fourth-order valence-electron chi connectivity index (χ4n) is 7.40. The molecular weight excluding hydrogens is 747 g/mol. The summed E-state index contributed by atoms with van der Waals surface area (Å²) < 4.78 is 17.5. The van der Waals surface area contributed by atoms with Gasteiger partial charge in [0.2, 0.25) is 17.1 Å². The van der Waals surface area contributed by atoms with Crippen LogP contribution in [0, 0.1) is 13.8 Å². The highest BCUT2D eigenvalue weighted by atomic mass is 16.5. The van der Waals surface area contributed by atoms with E-state index in [0.717, 1.165) is 39.0 Å². The number of rotatable bonds is 12. The Labute approximate surface area is 341 Å². The summed E-state index contributed by atoms with van der Waals surface area (Å²) in [6.45, 7) is 13.7. The summed E-state index contributed by atoms with van der Waals surface area (Å²) in [4.78, 5) is 49.4. The van der Waals surface area contributed by atoms with Crippen LogP contribution in [0.15, 0.2) is 100.0 Å². The number of nitrogens with zero attached hydrogens (tertiary/aromatic N) is 10. The molecule has 15 nitrogen and oxygen atoms in total.